The molecule has 1 aromatic heterocycles. The van der Waals surface area contributed by atoms with Gasteiger partial charge in [0, 0.05) is 30.3 Å². The maximum absolute atomic E-state index is 14.3. The van der Waals surface area contributed by atoms with Gasteiger partial charge in [0.15, 0.2) is 11.6 Å². The molecule has 4 rings (SSSR count). The molecule has 0 radical (unpaired) electrons. The quantitative estimate of drug-likeness (QED) is 0.662. The number of aromatic amines is 1. The van der Waals surface area contributed by atoms with Crippen molar-refractivity contribution in [3.05, 3.63) is 71.3 Å². The molecule has 7 heteroatoms. The lowest BCUT2D eigenvalue weighted by atomic mass is 9.90. The zero-order valence-corrected chi connectivity index (χ0v) is 16.1. The third kappa shape index (κ3) is 4.00. The Labute approximate surface area is 167 Å². The molecule has 3 aromatic rings. The summed E-state index contributed by atoms with van der Waals surface area (Å²) in [7, 11) is 1.45. The van der Waals surface area contributed by atoms with Gasteiger partial charge in [-0.05, 0) is 49.2 Å². The van der Waals surface area contributed by atoms with Crippen molar-refractivity contribution in [3.63, 3.8) is 0 Å². The van der Waals surface area contributed by atoms with Gasteiger partial charge in [-0.25, -0.2) is 13.2 Å². The Bertz CT molecular complexity index is 984. The van der Waals surface area contributed by atoms with Gasteiger partial charge < -0.3 is 4.74 Å². The number of aromatic nitrogens is 2. The van der Waals surface area contributed by atoms with Gasteiger partial charge in [0.05, 0.1) is 18.9 Å². The Balaban J connectivity index is 1.55. The van der Waals surface area contributed by atoms with Crippen LogP contribution in [-0.2, 0) is 6.54 Å². The van der Waals surface area contributed by atoms with Gasteiger partial charge in [0.25, 0.3) is 0 Å². The molecule has 1 saturated heterocycles. The van der Waals surface area contributed by atoms with Crippen LogP contribution in [0.4, 0.5) is 13.2 Å². The van der Waals surface area contributed by atoms with E-state index >= 15 is 0 Å². The van der Waals surface area contributed by atoms with Crippen LogP contribution in [0.2, 0.25) is 0 Å². The normalized spacial score (nSPS) is 17.4. The van der Waals surface area contributed by atoms with Crippen LogP contribution in [0.5, 0.6) is 5.75 Å². The molecule has 0 bridgehead atoms. The van der Waals surface area contributed by atoms with Crippen LogP contribution in [0.25, 0.3) is 11.1 Å². The first-order chi connectivity index (χ1) is 14.1. The van der Waals surface area contributed by atoms with Crippen molar-refractivity contribution in [2.24, 2.45) is 0 Å². The molecule has 0 aliphatic carbocycles. The van der Waals surface area contributed by atoms with Crippen LogP contribution < -0.4 is 4.74 Å². The van der Waals surface area contributed by atoms with E-state index in [4.69, 9.17) is 4.74 Å². The van der Waals surface area contributed by atoms with E-state index in [9.17, 15) is 13.2 Å². The Kier molecular flexibility index (Phi) is 5.58. The summed E-state index contributed by atoms with van der Waals surface area (Å²) in [6.45, 7) is 2.25. The van der Waals surface area contributed by atoms with Crippen LogP contribution >= 0.6 is 0 Å². The number of hydrogen-bond acceptors (Lipinski definition) is 3. The fourth-order valence-corrected chi connectivity index (χ4v) is 4.06. The van der Waals surface area contributed by atoms with Crippen LogP contribution in [0.15, 0.2) is 42.6 Å². The minimum Gasteiger partial charge on any atom is -0.494 e. The van der Waals surface area contributed by atoms with Crippen molar-refractivity contribution in [1.82, 2.24) is 15.1 Å². The third-order valence-corrected chi connectivity index (χ3v) is 5.44. The summed E-state index contributed by atoms with van der Waals surface area (Å²) in [6, 6.07) is 8.72. The van der Waals surface area contributed by atoms with E-state index in [1.54, 1.807) is 12.1 Å². The average molecular weight is 401 g/mol. The van der Waals surface area contributed by atoms with E-state index < -0.39 is 11.6 Å². The molecular formula is C22H22F3N3O. The largest absolute Gasteiger partial charge is 0.494 e. The predicted molar refractivity (Wildman–Crippen MR) is 104 cm³/mol. The lowest BCUT2D eigenvalue weighted by Crippen LogP contribution is -2.34. The molecule has 4 nitrogen and oxygen atoms in total. The first kappa shape index (κ1) is 19.5. The molecule has 1 N–H and O–H groups in total. The van der Waals surface area contributed by atoms with Gasteiger partial charge >= 0.3 is 0 Å². The van der Waals surface area contributed by atoms with E-state index in [0.29, 0.717) is 18.7 Å². The fourth-order valence-electron chi connectivity index (χ4n) is 4.06. The maximum atomic E-state index is 14.3. The smallest absolute Gasteiger partial charge is 0.165 e. The highest BCUT2D eigenvalue weighted by Crippen LogP contribution is 2.35. The number of benzene rings is 2. The van der Waals surface area contributed by atoms with Crippen molar-refractivity contribution in [1.29, 1.82) is 0 Å². The van der Waals surface area contributed by atoms with E-state index in [1.165, 1.54) is 37.6 Å². The van der Waals surface area contributed by atoms with Gasteiger partial charge in [-0.3, -0.25) is 10.00 Å². The summed E-state index contributed by atoms with van der Waals surface area (Å²) in [5.74, 6) is -1.29. The summed E-state index contributed by atoms with van der Waals surface area (Å²) < 4.78 is 47.3. The van der Waals surface area contributed by atoms with Gasteiger partial charge in [-0.1, -0.05) is 12.1 Å². The SMILES string of the molecule is COc1cc(CN2CCC[C@@H](c3[nH]ncc3-c3c(F)cccc3F)C2)ccc1F. The summed E-state index contributed by atoms with van der Waals surface area (Å²) in [6.07, 6.45) is 3.33. The van der Waals surface area contributed by atoms with Crippen molar-refractivity contribution >= 4 is 0 Å². The Morgan fingerprint density at radius 3 is 2.69 bits per heavy atom. The number of hydrogen-bond donors (Lipinski definition) is 1. The molecule has 1 aliphatic rings. The van der Waals surface area contributed by atoms with Crippen LogP contribution in [0.3, 0.4) is 0 Å². The Morgan fingerprint density at radius 1 is 1.14 bits per heavy atom. The first-order valence-corrected chi connectivity index (χ1v) is 9.59. The summed E-state index contributed by atoms with van der Waals surface area (Å²) in [4.78, 5) is 2.25. The van der Waals surface area contributed by atoms with E-state index in [-0.39, 0.29) is 23.0 Å². The molecule has 2 aromatic carbocycles. The van der Waals surface area contributed by atoms with Crippen molar-refractivity contribution in [3.8, 4) is 16.9 Å². The Morgan fingerprint density at radius 2 is 1.93 bits per heavy atom. The molecule has 152 valence electrons. The number of nitrogens with one attached hydrogen (secondary N) is 1. The highest BCUT2D eigenvalue weighted by atomic mass is 19.1. The molecule has 2 heterocycles. The van der Waals surface area contributed by atoms with Gasteiger partial charge in [-0.15, -0.1) is 0 Å². The topological polar surface area (TPSA) is 41.1 Å². The molecule has 0 spiro atoms. The number of nitrogens with zero attached hydrogens (tertiary/aromatic N) is 2. The second kappa shape index (κ2) is 8.29. The van der Waals surface area contributed by atoms with Crippen molar-refractivity contribution < 1.29 is 17.9 Å². The second-order valence-electron chi connectivity index (χ2n) is 7.34. The zero-order chi connectivity index (χ0) is 20.4. The molecule has 1 aliphatic heterocycles. The monoisotopic (exact) mass is 401 g/mol. The minimum absolute atomic E-state index is 0.0448. The fraction of sp³-hybridized carbons (Fsp3) is 0.318. The number of piperidine rings is 1. The lowest BCUT2D eigenvalue weighted by Gasteiger charge is -2.32. The molecular weight excluding hydrogens is 379 g/mol. The molecule has 29 heavy (non-hydrogen) atoms. The van der Waals surface area contributed by atoms with Gasteiger partial charge in [0.2, 0.25) is 0 Å². The highest BCUT2D eigenvalue weighted by molar-refractivity contribution is 5.67. The number of H-pyrrole nitrogens is 1. The third-order valence-electron chi connectivity index (χ3n) is 5.44. The van der Waals surface area contributed by atoms with Crippen LogP contribution in [-0.4, -0.2) is 35.3 Å². The Hall–Kier alpha value is -2.80. The number of likely N-dealkylation sites (tertiary alicyclic amines) is 1. The van der Waals surface area contributed by atoms with E-state index in [2.05, 4.69) is 15.1 Å². The first-order valence-electron chi connectivity index (χ1n) is 9.59. The van der Waals surface area contributed by atoms with E-state index in [0.717, 1.165) is 30.6 Å². The second-order valence-corrected chi connectivity index (χ2v) is 7.34. The minimum atomic E-state index is -0.598. The number of ether oxygens (including phenoxy) is 1. The van der Waals surface area contributed by atoms with Crippen molar-refractivity contribution in [2.75, 3.05) is 20.2 Å². The predicted octanol–water partition coefficient (Wildman–Crippen LogP) is 4.88. The molecule has 0 unspecified atom stereocenters. The number of halogens is 3. The average Bonchev–Trinajstić information content (AvgIpc) is 3.19. The molecule has 1 fully saturated rings. The zero-order valence-electron chi connectivity index (χ0n) is 16.1. The van der Waals surface area contributed by atoms with Gasteiger partial charge in [-0.2, -0.15) is 5.10 Å². The van der Waals surface area contributed by atoms with Gasteiger partial charge in [0.1, 0.15) is 11.6 Å². The standard InChI is InChI=1S/C22H22F3N3O/c1-29-20-10-14(7-8-17(20)23)12-28-9-3-4-15(13-28)22-16(11-26-27-22)21-18(24)5-2-6-19(21)25/h2,5-8,10-11,15H,3-4,9,12-13H2,1H3,(H,26,27)/t15-/m1/s1. The number of methoxy groups -OCH3 is 1. The number of rotatable bonds is 5. The van der Waals surface area contributed by atoms with Crippen LogP contribution in [0, 0.1) is 17.5 Å². The lowest BCUT2D eigenvalue weighted by molar-refractivity contribution is 0.198. The molecule has 0 amide bonds. The maximum Gasteiger partial charge on any atom is 0.165 e. The van der Waals surface area contributed by atoms with Crippen molar-refractivity contribution in [2.45, 2.75) is 25.3 Å². The molecule has 0 saturated carbocycles. The summed E-state index contributed by atoms with van der Waals surface area (Å²) in [5, 5.41) is 7.02. The molecule has 1 atom stereocenters. The summed E-state index contributed by atoms with van der Waals surface area (Å²) >= 11 is 0. The van der Waals surface area contributed by atoms with E-state index in [1.807, 2.05) is 0 Å². The summed E-state index contributed by atoms with van der Waals surface area (Å²) in [5.41, 5.74) is 2.12. The van der Waals surface area contributed by atoms with Crippen LogP contribution in [0.1, 0.15) is 30.0 Å². The highest BCUT2D eigenvalue weighted by Gasteiger charge is 2.27.